The second kappa shape index (κ2) is 5.39. The highest BCUT2D eigenvalue weighted by Gasteiger charge is 2.58. The normalized spacial score (nSPS) is 23.8. The number of hydrogen-bond acceptors (Lipinski definition) is 8. The molecule has 0 spiro atoms. The van der Waals surface area contributed by atoms with Gasteiger partial charge in [-0.1, -0.05) is 0 Å². The van der Waals surface area contributed by atoms with E-state index < -0.39 is 41.4 Å². The first kappa shape index (κ1) is 15.9. The predicted molar refractivity (Wildman–Crippen MR) is 72.6 cm³/mol. The fraction of sp³-hybridized carbons (Fsp3) is 0.615. The number of hydrazone groups is 1. The molecule has 2 aliphatic rings. The molecule has 1 N–H and O–H groups in total. The maximum atomic E-state index is 12.3. The number of imide groups is 3. The van der Waals surface area contributed by atoms with Crippen LogP contribution < -0.4 is 5.43 Å². The van der Waals surface area contributed by atoms with Gasteiger partial charge in [0.05, 0.1) is 6.61 Å². The fourth-order valence-electron chi connectivity index (χ4n) is 2.15. The van der Waals surface area contributed by atoms with E-state index in [9.17, 15) is 19.2 Å². The van der Waals surface area contributed by atoms with Crippen LogP contribution in [0.2, 0.25) is 0 Å². The number of ether oxygens (including phenoxy) is 2. The molecule has 1 saturated heterocycles. The predicted octanol–water partition coefficient (Wildman–Crippen LogP) is -0.203. The number of carbonyl (C=O) groups is 4. The standard InChI is InChI=1S/C13H17N3O6/c1-5-21-11(19)8-6-7(14-15-8)10(18)16(9(6)17)12(20)22-13(2,3)4/h6-7,14H,5H2,1-4H3/t6-,7-/m1/s1. The van der Waals surface area contributed by atoms with Crippen LogP contribution in [0.4, 0.5) is 4.79 Å². The molecule has 0 radical (unpaired) electrons. The van der Waals surface area contributed by atoms with Gasteiger partial charge in [0.15, 0.2) is 5.71 Å². The van der Waals surface area contributed by atoms with E-state index in [0.717, 1.165) is 0 Å². The number of hydrogen-bond donors (Lipinski definition) is 1. The summed E-state index contributed by atoms with van der Waals surface area (Å²) in [7, 11) is 0. The van der Waals surface area contributed by atoms with Crippen LogP contribution in [0, 0.1) is 5.92 Å². The summed E-state index contributed by atoms with van der Waals surface area (Å²) in [6, 6.07) is -1.08. The van der Waals surface area contributed by atoms with Crippen LogP contribution in [-0.4, -0.2) is 52.7 Å². The monoisotopic (exact) mass is 311 g/mol. The Morgan fingerprint density at radius 2 is 1.91 bits per heavy atom. The lowest BCUT2D eigenvalue weighted by atomic mass is 9.99. The van der Waals surface area contributed by atoms with Gasteiger partial charge < -0.3 is 9.47 Å². The number of nitrogens with zero attached hydrogens (tertiary/aromatic N) is 2. The third kappa shape index (κ3) is 2.66. The molecule has 0 bridgehead atoms. The first-order valence-electron chi connectivity index (χ1n) is 6.78. The zero-order chi connectivity index (χ0) is 16.7. The van der Waals surface area contributed by atoms with Crippen molar-refractivity contribution in [2.24, 2.45) is 11.0 Å². The van der Waals surface area contributed by atoms with Crippen LogP contribution in [0.25, 0.3) is 0 Å². The smallest absolute Gasteiger partial charge is 0.424 e. The van der Waals surface area contributed by atoms with E-state index in [2.05, 4.69) is 10.5 Å². The average Bonchev–Trinajstić information content (AvgIpc) is 2.89. The molecule has 0 aromatic rings. The van der Waals surface area contributed by atoms with Crippen molar-refractivity contribution in [3.05, 3.63) is 0 Å². The molecule has 1 fully saturated rings. The molecule has 22 heavy (non-hydrogen) atoms. The van der Waals surface area contributed by atoms with Gasteiger partial charge in [0.2, 0.25) is 0 Å². The van der Waals surface area contributed by atoms with Crippen molar-refractivity contribution in [2.45, 2.75) is 39.3 Å². The first-order chi connectivity index (χ1) is 10.2. The highest BCUT2D eigenvalue weighted by atomic mass is 16.6. The minimum absolute atomic E-state index is 0.104. The molecule has 2 aliphatic heterocycles. The van der Waals surface area contributed by atoms with Crippen LogP contribution >= 0.6 is 0 Å². The van der Waals surface area contributed by atoms with Gasteiger partial charge in [0.1, 0.15) is 17.6 Å². The lowest BCUT2D eigenvalue weighted by Gasteiger charge is -2.22. The zero-order valence-electron chi connectivity index (χ0n) is 12.7. The average molecular weight is 311 g/mol. The highest BCUT2D eigenvalue weighted by molar-refractivity contribution is 6.44. The molecular formula is C13H17N3O6. The molecule has 2 rings (SSSR count). The molecule has 2 atom stereocenters. The topological polar surface area (TPSA) is 114 Å². The Hall–Kier alpha value is -2.45. The van der Waals surface area contributed by atoms with Crippen molar-refractivity contribution in [3.8, 4) is 0 Å². The molecule has 9 heteroatoms. The Labute approximate surface area is 126 Å². The molecule has 3 amide bonds. The largest absolute Gasteiger partial charge is 0.461 e. The number of rotatable bonds is 2. The third-order valence-electron chi connectivity index (χ3n) is 2.99. The summed E-state index contributed by atoms with van der Waals surface area (Å²) < 4.78 is 9.82. The van der Waals surface area contributed by atoms with Crippen LogP contribution in [0.15, 0.2) is 5.10 Å². The van der Waals surface area contributed by atoms with Gasteiger partial charge in [-0.2, -0.15) is 10.0 Å². The first-order valence-corrected chi connectivity index (χ1v) is 6.78. The number of amides is 3. The summed E-state index contributed by atoms with van der Waals surface area (Å²) in [5, 5.41) is 3.68. The van der Waals surface area contributed by atoms with Gasteiger partial charge >= 0.3 is 12.1 Å². The van der Waals surface area contributed by atoms with E-state index in [-0.39, 0.29) is 12.3 Å². The van der Waals surface area contributed by atoms with Gasteiger partial charge in [0, 0.05) is 0 Å². The Morgan fingerprint density at radius 1 is 1.27 bits per heavy atom. The van der Waals surface area contributed by atoms with Gasteiger partial charge in [-0.25, -0.2) is 9.59 Å². The maximum Gasteiger partial charge on any atom is 0.424 e. The van der Waals surface area contributed by atoms with Gasteiger partial charge in [-0.3, -0.25) is 15.0 Å². The van der Waals surface area contributed by atoms with Gasteiger partial charge in [-0.05, 0) is 27.7 Å². The summed E-state index contributed by atoms with van der Waals surface area (Å²) in [6.07, 6.45) is -1.07. The van der Waals surface area contributed by atoms with Crippen LogP contribution in [0.1, 0.15) is 27.7 Å². The third-order valence-corrected chi connectivity index (χ3v) is 2.99. The highest BCUT2D eigenvalue weighted by Crippen LogP contribution is 2.27. The second-order valence-electron chi connectivity index (χ2n) is 5.79. The molecule has 0 unspecified atom stereocenters. The van der Waals surface area contributed by atoms with E-state index in [1.54, 1.807) is 27.7 Å². The lowest BCUT2D eigenvalue weighted by molar-refractivity contribution is -0.140. The zero-order valence-corrected chi connectivity index (χ0v) is 12.7. The molecular weight excluding hydrogens is 294 g/mol. The summed E-state index contributed by atoms with van der Waals surface area (Å²) in [5.74, 6) is -3.61. The van der Waals surface area contributed by atoms with E-state index in [1.807, 2.05) is 0 Å². The Bertz CT molecular complexity index is 577. The SMILES string of the molecule is CCOC(=O)C1=NN[C@H]2C(=O)N(C(=O)OC(C)(C)C)C(=O)[C@@H]12. The Balaban J connectivity index is 2.21. The summed E-state index contributed by atoms with van der Waals surface area (Å²) >= 11 is 0. The molecule has 0 aliphatic carbocycles. The minimum atomic E-state index is -1.17. The van der Waals surface area contributed by atoms with Gasteiger partial charge in [0.25, 0.3) is 11.8 Å². The van der Waals surface area contributed by atoms with E-state index >= 15 is 0 Å². The van der Waals surface area contributed by atoms with Crippen molar-refractivity contribution in [1.82, 2.24) is 10.3 Å². The summed E-state index contributed by atoms with van der Waals surface area (Å²) in [6.45, 7) is 6.54. The number of nitrogens with one attached hydrogen (secondary N) is 1. The molecule has 0 saturated carbocycles. The number of carbonyl (C=O) groups excluding carboxylic acids is 4. The fourth-order valence-corrected chi connectivity index (χ4v) is 2.15. The lowest BCUT2D eigenvalue weighted by Crippen LogP contribution is -2.43. The molecule has 9 nitrogen and oxygen atoms in total. The molecule has 2 heterocycles. The van der Waals surface area contributed by atoms with Crippen molar-refractivity contribution in [1.29, 1.82) is 0 Å². The minimum Gasteiger partial charge on any atom is -0.461 e. The van der Waals surface area contributed by atoms with Crippen LogP contribution in [-0.2, 0) is 23.9 Å². The Kier molecular flexibility index (Phi) is 3.90. The van der Waals surface area contributed by atoms with E-state index in [4.69, 9.17) is 9.47 Å². The summed E-state index contributed by atoms with van der Waals surface area (Å²) in [4.78, 5) is 48.6. The van der Waals surface area contributed by atoms with Gasteiger partial charge in [-0.15, -0.1) is 0 Å². The van der Waals surface area contributed by atoms with E-state index in [0.29, 0.717) is 4.90 Å². The maximum absolute atomic E-state index is 12.3. The van der Waals surface area contributed by atoms with E-state index in [1.165, 1.54) is 0 Å². The van der Waals surface area contributed by atoms with Crippen molar-refractivity contribution in [3.63, 3.8) is 0 Å². The number of fused-ring (bicyclic) bond motifs is 1. The second-order valence-corrected chi connectivity index (χ2v) is 5.79. The van der Waals surface area contributed by atoms with Crippen LogP contribution in [0.3, 0.4) is 0 Å². The number of esters is 1. The van der Waals surface area contributed by atoms with Crippen molar-refractivity contribution < 1.29 is 28.7 Å². The molecule has 0 aromatic carbocycles. The molecule has 120 valence electrons. The van der Waals surface area contributed by atoms with Crippen molar-refractivity contribution in [2.75, 3.05) is 6.61 Å². The Morgan fingerprint density at radius 3 is 2.45 bits per heavy atom. The summed E-state index contributed by atoms with van der Waals surface area (Å²) in [5.41, 5.74) is 1.33. The van der Waals surface area contributed by atoms with Crippen molar-refractivity contribution >= 4 is 29.6 Å². The van der Waals surface area contributed by atoms with Crippen LogP contribution in [0.5, 0.6) is 0 Å². The number of likely N-dealkylation sites (tertiary alicyclic amines) is 1. The quantitative estimate of drug-likeness (QED) is 0.554. The molecule has 0 aromatic heterocycles.